The molecule has 0 saturated carbocycles. The largest absolute Gasteiger partial charge is 0.494 e. The topological polar surface area (TPSA) is 97.1 Å². The number of nitrogens with zero attached hydrogens (tertiary/aromatic N) is 3. The van der Waals surface area contributed by atoms with Gasteiger partial charge in [-0.25, -0.2) is 9.37 Å². The zero-order chi connectivity index (χ0) is 22.8. The third-order valence-corrected chi connectivity index (χ3v) is 4.65. The monoisotopic (exact) mass is 434 g/mol. The molecule has 3 aromatic rings. The zero-order valence-electron chi connectivity index (χ0n) is 17.7. The lowest BCUT2D eigenvalue weighted by Crippen LogP contribution is -2.16. The molecule has 1 aromatic heterocycles. The number of benzene rings is 2. The number of anilines is 1. The Morgan fingerprint density at radius 1 is 1.12 bits per heavy atom. The fourth-order valence-electron chi connectivity index (χ4n) is 3.00. The molecule has 8 heteroatoms. The van der Waals surface area contributed by atoms with Crippen LogP contribution in [0.3, 0.4) is 0 Å². The van der Waals surface area contributed by atoms with Crippen LogP contribution in [0.1, 0.15) is 29.8 Å². The molecule has 0 saturated heterocycles. The predicted molar refractivity (Wildman–Crippen MR) is 117 cm³/mol. The molecule has 1 heterocycles. The minimum Gasteiger partial charge on any atom is -0.494 e. The van der Waals surface area contributed by atoms with Crippen LogP contribution in [0, 0.1) is 17.1 Å². The van der Waals surface area contributed by atoms with Gasteiger partial charge < -0.3 is 14.8 Å². The van der Waals surface area contributed by atoms with Crippen molar-refractivity contribution in [1.29, 1.82) is 5.26 Å². The molecule has 0 atom stereocenters. The van der Waals surface area contributed by atoms with E-state index in [1.807, 2.05) is 6.07 Å². The van der Waals surface area contributed by atoms with Crippen molar-refractivity contribution in [3.63, 3.8) is 0 Å². The lowest BCUT2D eigenvalue weighted by molar-refractivity contribution is -0.115. The molecule has 0 bridgehead atoms. The van der Waals surface area contributed by atoms with Gasteiger partial charge in [-0.3, -0.25) is 9.78 Å². The average Bonchev–Trinajstić information content (AvgIpc) is 2.81. The molecule has 2 aromatic carbocycles. The van der Waals surface area contributed by atoms with Gasteiger partial charge in [0.15, 0.2) is 5.69 Å². The summed E-state index contributed by atoms with van der Waals surface area (Å²) < 4.78 is 24.1. The van der Waals surface area contributed by atoms with Crippen LogP contribution in [0.4, 0.5) is 10.1 Å². The van der Waals surface area contributed by atoms with Crippen molar-refractivity contribution in [2.75, 3.05) is 19.0 Å². The molecule has 1 N–H and O–H groups in total. The molecule has 0 aliphatic heterocycles. The summed E-state index contributed by atoms with van der Waals surface area (Å²) in [4.78, 5) is 20.3. The summed E-state index contributed by atoms with van der Waals surface area (Å²) in [6.07, 6.45) is 5.39. The van der Waals surface area contributed by atoms with Crippen molar-refractivity contribution in [2.24, 2.45) is 0 Å². The predicted octanol–water partition coefficient (Wildman–Crippen LogP) is 4.08. The molecule has 0 fully saturated rings. The second-order valence-corrected chi connectivity index (χ2v) is 7.02. The number of carbonyl (C=O) groups is 1. The first-order valence-electron chi connectivity index (χ1n) is 10.1. The first-order chi connectivity index (χ1) is 15.6. The van der Waals surface area contributed by atoms with E-state index in [1.165, 1.54) is 31.6 Å². The van der Waals surface area contributed by atoms with Crippen molar-refractivity contribution in [1.82, 2.24) is 9.97 Å². The van der Waals surface area contributed by atoms with Gasteiger partial charge in [0.1, 0.15) is 23.4 Å². The summed E-state index contributed by atoms with van der Waals surface area (Å²) in [5, 5.41) is 11.5. The second-order valence-electron chi connectivity index (χ2n) is 7.02. The van der Waals surface area contributed by atoms with Crippen LogP contribution in [-0.2, 0) is 17.6 Å². The third-order valence-electron chi connectivity index (χ3n) is 4.65. The molecular weight excluding hydrogens is 411 g/mol. The Morgan fingerprint density at radius 3 is 2.62 bits per heavy atom. The minimum atomic E-state index is -0.281. The van der Waals surface area contributed by atoms with E-state index in [-0.39, 0.29) is 23.8 Å². The Morgan fingerprint density at radius 2 is 1.94 bits per heavy atom. The summed E-state index contributed by atoms with van der Waals surface area (Å²) in [7, 11) is 1.52. The smallest absolute Gasteiger partial charge is 0.230 e. The Hall–Kier alpha value is -3.99. The van der Waals surface area contributed by atoms with Crippen molar-refractivity contribution in [3.05, 3.63) is 77.6 Å². The molecule has 1 amide bonds. The molecule has 0 aliphatic rings. The maximum absolute atomic E-state index is 12.9. The number of nitrogens with one attached hydrogen (secondary N) is 1. The highest BCUT2D eigenvalue weighted by molar-refractivity contribution is 5.93. The van der Waals surface area contributed by atoms with Gasteiger partial charge >= 0.3 is 0 Å². The van der Waals surface area contributed by atoms with Crippen LogP contribution in [0.5, 0.6) is 11.5 Å². The standard InChI is InChI=1S/C24H23FN4O3/c1-31-23-13-21(32-11-3-2-4-17-5-7-18(25)8-6-17)9-10-22(23)29-24(30)12-19-15-28-20(14-26)16-27-19/h5-10,13,15-16H,2-4,11-12H2,1H3,(H,29,30). The zero-order valence-corrected chi connectivity index (χ0v) is 17.7. The van der Waals surface area contributed by atoms with Gasteiger partial charge in [0, 0.05) is 6.07 Å². The van der Waals surface area contributed by atoms with Crippen molar-refractivity contribution < 1.29 is 18.7 Å². The van der Waals surface area contributed by atoms with Gasteiger partial charge in [-0.05, 0) is 49.1 Å². The summed E-state index contributed by atoms with van der Waals surface area (Å²) in [6.45, 7) is 0.535. The summed E-state index contributed by atoms with van der Waals surface area (Å²) in [5.41, 5.74) is 2.27. The van der Waals surface area contributed by atoms with Gasteiger partial charge in [0.25, 0.3) is 0 Å². The van der Waals surface area contributed by atoms with Crippen molar-refractivity contribution >= 4 is 11.6 Å². The Bertz CT molecular complexity index is 1080. The van der Waals surface area contributed by atoms with Crippen molar-refractivity contribution in [2.45, 2.75) is 25.7 Å². The molecule has 164 valence electrons. The van der Waals surface area contributed by atoms with Gasteiger partial charge in [0.2, 0.25) is 5.91 Å². The fraction of sp³-hybridized carbons (Fsp3) is 0.250. The van der Waals surface area contributed by atoms with Crippen molar-refractivity contribution in [3.8, 4) is 17.6 Å². The maximum Gasteiger partial charge on any atom is 0.230 e. The van der Waals surface area contributed by atoms with Gasteiger partial charge in [-0.2, -0.15) is 5.26 Å². The van der Waals surface area contributed by atoms with Crippen LogP contribution < -0.4 is 14.8 Å². The normalized spacial score (nSPS) is 10.3. The Balaban J connectivity index is 1.47. The number of aromatic nitrogens is 2. The highest BCUT2D eigenvalue weighted by Crippen LogP contribution is 2.29. The summed E-state index contributed by atoms with van der Waals surface area (Å²) in [6, 6.07) is 13.6. The number of aryl methyl sites for hydroxylation is 1. The number of rotatable bonds is 10. The van der Waals surface area contributed by atoms with E-state index >= 15 is 0 Å². The molecule has 0 radical (unpaired) electrons. The van der Waals surface area contributed by atoms with E-state index < -0.39 is 0 Å². The SMILES string of the molecule is COc1cc(OCCCCc2ccc(F)cc2)ccc1NC(=O)Cc1cnc(C#N)cn1. The highest BCUT2D eigenvalue weighted by atomic mass is 19.1. The molecule has 0 aliphatic carbocycles. The third kappa shape index (κ3) is 6.77. The molecule has 7 nitrogen and oxygen atoms in total. The van der Waals surface area contributed by atoms with Gasteiger partial charge in [-0.15, -0.1) is 0 Å². The first-order valence-corrected chi connectivity index (χ1v) is 10.1. The van der Waals surface area contributed by atoms with Crippen LogP contribution in [0.25, 0.3) is 0 Å². The lowest BCUT2D eigenvalue weighted by atomic mass is 10.1. The Kier molecular flexibility index (Phi) is 8.09. The van der Waals surface area contributed by atoms with E-state index in [2.05, 4.69) is 15.3 Å². The number of unbranched alkanes of at least 4 members (excludes halogenated alkanes) is 1. The number of amides is 1. The highest BCUT2D eigenvalue weighted by Gasteiger charge is 2.11. The van der Waals surface area contributed by atoms with E-state index in [0.717, 1.165) is 24.8 Å². The number of nitriles is 1. The van der Waals surface area contributed by atoms with Crippen LogP contribution in [0.2, 0.25) is 0 Å². The van der Waals surface area contributed by atoms with E-state index in [0.29, 0.717) is 29.5 Å². The van der Waals surface area contributed by atoms with E-state index in [9.17, 15) is 9.18 Å². The van der Waals surface area contributed by atoms with Crippen LogP contribution >= 0.6 is 0 Å². The summed E-state index contributed by atoms with van der Waals surface area (Å²) in [5.74, 6) is 0.609. The van der Waals surface area contributed by atoms with Crippen LogP contribution in [0.15, 0.2) is 54.9 Å². The first kappa shape index (κ1) is 22.7. The second kappa shape index (κ2) is 11.4. The Labute approximate surface area is 185 Å². The number of hydrogen-bond acceptors (Lipinski definition) is 6. The fourth-order valence-corrected chi connectivity index (χ4v) is 3.00. The molecular formula is C24H23FN4O3. The molecule has 3 rings (SSSR count). The number of ether oxygens (including phenoxy) is 2. The number of halogens is 1. The molecule has 0 spiro atoms. The average molecular weight is 434 g/mol. The lowest BCUT2D eigenvalue weighted by Gasteiger charge is -2.13. The van der Waals surface area contributed by atoms with Gasteiger partial charge in [-0.1, -0.05) is 12.1 Å². The minimum absolute atomic E-state index is 0.0220. The number of hydrogen-bond donors (Lipinski definition) is 1. The summed E-state index contributed by atoms with van der Waals surface area (Å²) >= 11 is 0. The number of methoxy groups -OCH3 is 1. The van der Waals surface area contributed by atoms with Crippen LogP contribution in [-0.4, -0.2) is 29.6 Å². The van der Waals surface area contributed by atoms with E-state index in [4.69, 9.17) is 14.7 Å². The van der Waals surface area contributed by atoms with Gasteiger partial charge in [0.05, 0.1) is 43.9 Å². The molecule has 32 heavy (non-hydrogen) atoms. The maximum atomic E-state index is 12.9. The number of carbonyl (C=O) groups excluding carboxylic acids is 1. The quantitative estimate of drug-likeness (QED) is 0.483. The molecule has 0 unspecified atom stereocenters. The van der Waals surface area contributed by atoms with E-state index in [1.54, 1.807) is 30.3 Å².